The van der Waals surface area contributed by atoms with Gasteiger partial charge in [-0.2, -0.15) is 0 Å². The van der Waals surface area contributed by atoms with E-state index in [-0.39, 0.29) is 0 Å². The van der Waals surface area contributed by atoms with Crippen molar-refractivity contribution in [3.63, 3.8) is 0 Å². The number of hydrogen-bond acceptors (Lipinski definition) is 3. The minimum atomic E-state index is 0.819. The van der Waals surface area contributed by atoms with E-state index in [2.05, 4.69) is 52.7 Å². The second-order valence-electron chi connectivity index (χ2n) is 5.61. The highest BCUT2D eigenvalue weighted by molar-refractivity contribution is 5.79. The van der Waals surface area contributed by atoms with Gasteiger partial charge in [-0.25, -0.2) is 0 Å². The Hall–Kier alpha value is -1.75. The molecule has 1 heterocycles. The van der Waals surface area contributed by atoms with E-state index in [9.17, 15) is 0 Å². The van der Waals surface area contributed by atoms with Crippen LogP contribution >= 0.6 is 0 Å². The van der Waals surface area contributed by atoms with E-state index < -0.39 is 0 Å². The summed E-state index contributed by atoms with van der Waals surface area (Å²) in [6, 6.07) is 6.50. The molecule has 2 rings (SSSR count). The smallest absolute Gasteiger partial charge is 0.191 e. The molecule has 0 radical (unpaired) electrons. The van der Waals surface area contributed by atoms with Crippen molar-refractivity contribution in [3.8, 4) is 5.75 Å². The lowest BCUT2D eigenvalue weighted by Crippen LogP contribution is -2.41. The van der Waals surface area contributed by atoms with E-state index in [0.29, 0.717) is 0 Å². The fourth-order valence-corrected chi connectivity index (χ4v) is 2.46. The van der Waals surface area contributed by atoms with Crippen molar-refractivity contribution in [2.75, 3.05) is 46.9 Å². The molecule has 0 atom stereocenters. The first-order valence-electron chi connectivity index (χ1n) is 8.10. The van der Waals surface area contributed by atoms with Gasteiger partial charge in [0.25, 0.3) is 0 Å². The summed E-state index contributed by atoms with van der Waals surface area (Å²) in [6.45, 7) is 6.84. The average molecular weight is 304 g/mol. The van der Waals surface area contributed by atoms with E-state index in [1.54, 1.807) is 0 Å². The number of hydrogen-bond donors (Lipinski definition) is 2. The predicted octanol–water partition coefficient (Wildman–Crippen LogP) is 1.28. The van der Waals surface area contributed by atoms with Crippen molar-refractivity contribution in [1.29, 1.82) is 0 Å². The molecule has 5 nitrogen and oxygen atoms in total. The van der Waals surface area contributed by atoms with Crippen molar-refractivity contribution in [2.24, 2.45) is 4.99 Å². The quantitative estimate of drug-likeness (QED) is 0.588. The Kier molecular flexibility index (Phi) is 6.52. The molecule has 1 aliphatic heterocycles. The molecule has 0 unspecified atom stereocenters. The van der Waals surface area contributed by atoms with Gasteiger partial charge in [0.15, 0.2) is 5.96 Å². The van der Waals surface area contributed by atoms with Crippen molar-refractivity contribution >= 4 is 5.96 Å². The summed E-state index contributed by atoms with van der Waals surface area (Å²) >= 11 is 0. The second-order valence-corrected chi connectivity index (χ2v) is 5.61. The average Bonchev–Trinajstić information content (AvgIpc) is 3.00. The van der Waals surface area contributed by atoms with E-state index in [1.807, 2.05) is 7.05 Å². The fraction of sp³-hybridized carbons (Fsp3) is 0.588. The number of nitrogens with zero attached hydrogens (tertiary/aromatic N) is 2. The lowest BCUT2D eigenvalue weighted by Gasteiger charge is -2.16. The van der Waals surface area contributed by atoms with Crippen molar-refractivity contribution in [2.45, 2.75) is 19.8 Å². The van der Waals surface area contributed by atoms with Crippen LogP contribution in [-0.4, -0.2) is 57.7 Å². The van der Waals surface area contributed by atoms with E-state index in [0.717, 1.165) is 57.3 Å². The molecule has 0 amide bonds. The molecule has 0 saturated carbocycles. The molecule has 0 spiro atoms. The molecule has 1 aliphatic rings. The van der Waals surface area contributed by atoms with Crippen molar-refractivity contribution in [1.82, 2.24) is 15.5 Å². The van der Waals surface area contributed by atoms with Crippen LogP contribution in [0.4, 0.5) is 0 Å². The molecule has 22 heavy (non-hydrogen) atoms. The van der Waals surface area contributed by atoms with E-state index in [4.69, 9.17) is 4.74 Å². The van der Waals surface area contributed by atoms with Gasteiger partial charge in [-0.15, -0.1) is 0 Å². The number of benzene rings is 1. The van der Waals surface area contributed by atoms with Gasteiger partial charge in [-0.05, 0) is 37.2 Å². The van der Waals surface area contributed by atoms with Gasteiger partial charge in [0.05, 0.1) is 6.61 Å². The normalized spacial score (nSPS) is 13.9. The number of fused-ring (bicyclic) bond motifs is 1. The molecular weight excluding hydrogens is 276 g/mol. The molecule has 0 aromatic heterocycles. The molecule has 122 valence electrons. The van der Waals surface area contributed by atoms with Crippen LogP contribution in [0.15, 0.2) is 23.2 Å². The summed E-state index contributed by atoms with van der Waals surface area (Å²) in [6.07, 6.45) is 2.02. The third-order valence-corrected chi connectivity index (χ3v) is 4.01. The lowest BCUT2D eigenvalue weighted by molar-refractivity contribution is 0.356. The van der Waals surface area contributed by atoms with Crippen LogP contribution in [0.25, 0.3) is 0 Å². The molecule has 5 heteroatoms. The molecular formula is C17H28N4O. The van der Waals surface area contributed by atoms with Crippen LogP contribution < -0.4 is 15.4 Å². The standard InChI is InChI=1S/C17H28N4O/c1-4-21(3)11-10-20-17(18-2)19-9-7-14-5-6-16-15(13-14)8-12-22-16/h5-6,13H,4,7-12H2,1-3H3,(H2,18,19,20). The van der Waals surface area contributed by atoms with Crippen LogP contribution in [0.5, 0.6) is 5.75 Å². The fourth-order valence-electron chi connectivity index (χ4n) is 2.46. The second kappa shape index (κ2) is 8.63. The first kappa shape index (κ1) is 16.6. The van der Waals surface area contributed by atoms with Gasteiger partial charge in [0.2, 0.25) is 0 Å². The molecule has 0 saturated heterocycles. The zero-order valence-corrected chi connectivity index (χ0v) is 14.0. The number of rotatable bonds is 7. The molecule has 1 aromatic carbocycles. The Labute approximate surface area is 133 Å². The van der Waals surface area contributed by atoms with Crippen molar-refractivity contribution < 1.29 is 4.74 Å². The third-order valence-electron chi connectivity index (χ3n) is 4.01. The summed E-state index contributed by atoms with van der Waals surface area (Å²) in [4.78, 5) is 6.53. The maximum atomic E-state index is 5.54. The maximum absolute atomic E-state index is 5.54. The summed E-state index contributed by atoms with van der Waals surface area (Å²) in [7, 11) is 3.93. The Morgan fingerprint density at radius 2 is 2.14 bits per heavy atom. The molecule has 1 aromatic rings. The number of guanidine groups is 1. The SMILES string of the molecule is CCN(C)CCNC(=NC)NCCc1ccc2c(c1)CCO2. The number of nitrogens with one attached hydrogen (secondary N) is 2. The highest BCUT2D eigenvalue weighted by Gasteiger charge is 2.11. The highest BCUT2D eigenvalue weighted by atomic mass is 16.5. The first-order chi connectivity index (χ1) is 10.7. The summed E-state index contributed by atoms with van der Waals surface area (Å²) in [5.41, 5.74) is 2.68. The maximum Gasteiger partial charge on any atom is 0.191 e. The molecule has 0 aliphatic carbocycles. The van der Waals surface area contributed by atoms with Gasteiger partial charge in [-0.3, -0.25) is 4.99 Å². The third kappa shape index (κ3) is 4.91. The van der Waals surface area contributed by atoms with Gasteiger partial charge < -0.3 is 20.3 Å². The molecule has 0 bridgehead atoms. The number of ether oxygens (including phenoxy) is 1. The van der Waals surface area contributed by atoms with Crippen molar-refractivity contribution in [3.05, 3.63) is 29.3 Å². The van der Waals surface area contributed by atoms with Crippen LogP contribution in [0.3, 0.4) is 0 Å². The van der Waals surface area contributed by atoms with Gasteiger partial charge >= 0.3 is 0 Å². The number of likely N-dealkylation sites (N-methyl/N-ethyl adjacent to an activating group) is 1. The monoisotopic (exact) mass is 304 g/mol. The van der Waals surface area contributed by atoms with Gasteiger partial charge in [-0.1, -0.05) is 19.1 Å². The van der Waals surface area contributed by atoms with E-state index in [1.165, 1.54) is 11.1 Å². The lowest BCUT2D eigenvalue weighted by atomic mass is 10.1. The Morgan fingerprint density at radius 3 is 2.91 bits per heavy atom. The van der Waals surface area contributed by atoms with Crippen LogP contribution in [0.1, 0.15) is 18.1 Å². The Balaban J connectivity index is 1.70. The Morgan fingerprint density at radius 1 is 1.32 bits per heavy atom. The first-order valence-corrected chi connectivity index (χ1v) is 8.10. The Bertz CT molecular complexity index is 501. The van der Waals surface area contributed by atoms with Crippen LogP contribution in [0, 0.1) is 0 Å². The highest BCUT2D eigenvalue weighted by Crippen LogP contribution is 2.25. The summed E-state index contributed by atoms with van der Waals surface area (Å²) < 4.78 is 5.54. The van der Waals surface area contributed by atoms with E-state index >= 15 is 0 Å². The topological polar surface area (TPSA) is 48.9 Å². The summed E-state index contributed by atoms with van der Waals surface area (Å²) in [5.74, 6) is 1.92. The largest absolute Gasteiger partial charge is 0.493 e. The van der Waals surface area contributed by atoms with Crippen LogP contribution in [0.2, 0.25) is 0 Å². The van der Waals surface area contributed by atoms with Crippen LogP contribution in [-0.2, 0) is 12.8 Å². The molecule has 2 N–H and O–H groups in total. The summed E-state index contributed by atoms with van der Waals surface area (Å²) in [5, 5.41) is 6.71. The minimum Gasteiger partial charge on any atom is -0.493 e. The number of aliphatic imine (C=N–C) groups is 1. The zero-order chi connectivity index (χ0) is 15.8. The van der Waals surface area contributed by atoms with Gasteiger partial charge in [0, 0.05) is 33.1 Å². The minimum absolute atomic E-state index is 0.819. The zero-order valence-electron chi connectivity index (χ0n) is 14.0. The van der Waals surface area contributed by atoms with Gasteiger partial charge in [0.1, 0.15) is 5.75 Å². The molecule has 0 fully saturated rings. The predicted molar refractivity (Wildman–Crippen MR) is 91.9 cm³/mol.